The fourth-order valence-corrected chi connectivity index (χ4v) is 2.36. The lowest BCUT2D eigenvalue weighted by molar-refractivity contribution is -0.144. The Balaban J connectivity index is 2.22. The van der Waals surface area contributed by atoms with Crippen LogP contribution in [0.1, 0.15) is 28.4 Å². The van der Waals surface area contributed by atoms with Crippen molar-refractivity contribution in [2.24, 2.45) is 5.10 Å². The molecule has 2 aromatic carbocycles. The average Bonchev–Trinajstić information content (AvgIpc) is 2.68. The summed E-state index contributed by atoms with van der Waals surface area (Å²) in [4.78, 5) is 23.5. The fraction of sp³-hybridized carbons (Fsp3) is 0.250. The summed E-state index contributed by atoms with van der Waals surface area (Å²) in [5.74, 6) is -0.561. The van der Waals surface area contributed by atoms with Gasteiger partial charge >= 0.3 is 5.97 Å². The lowest BCUT2D eigenvalue weighted by atomic mass is 10.1. The van der Waals surface area contributed by atoms with Crippen molar-refractivity contribution in [1.29, 1.82) is 0 Å². The summed E-state index contributed by atoms with van der Waals surface area (Å²) in [6.07, 6.45) is 0.264. The van der Waals surface area contributed by atoms with E-state index in [-0.39, 0.29) is 5.75 Å². The molecule has 0 heterocycles. The molecule has 0 radical (unpaired) electrons. The summed E-state index contributed by atoms with van der Waals surface area (Å²) in [5, 5.41) is 13.0. The van der Waals surface area contributed by atoms with Crippen LogP contribution >= 0.6 is 0 Å². The van der Waals surface area contributed by atoms with E-state index in [4.69, 9.17) is 19.3 Å². The van der Waals surface area contributed by atoms with Crippen molar-refractivity contribution in [3.05, 3.63) is 53.1 Å². The number of nitrogens with one attached hydrogen (secondary N) is 1. The number of benzene rings is 2. The van der Waals surface area contributed by atoms with E-state index >= 15 is 0 Å². The summed E-state index contributed by atoms with van der Waals surface area (Å²) in [6.45, 7) is 3.30. The van der Waals surface area contributed by atoms with Gasteiger partial charge in [0.25, 0.3) is 5.91 Å². The Hall–Kier alpha value is -3.55. The third-order valence-corrected chi connectivity index (χ3v) is 3.84. The molecule has 28 heavy (non-hydrogen) atoms. The number of aryl methyl sites for hydroxylation is 1. The Labute approximate surface area is 162 Å². The van der Waals surface area contributed by atoms with Crippen molar-refractivity contribution in [3.8, 4) is 17.2 Å². The molecule has 8 heteroatoms. The zero-order valence-electron chi connectivity index (χ0n) is 16.1. The molecular formula is C20H22N2O6. The molecule has 1 atom stereocenters. The highest BCUT2D eigenvalue weighted by Crippen LogP contribution is 2.31. The molecule has 0 aliphatic carbocycles. The first-order valence-electron chi connectivity index (χ1n) is 8.41. The summed E-state index contributed by atoms with van der Waals surface area (Å²) < 4.78 is 15.9. The molecule has 2 aromatic rings. The molecule has 8 nitrogen and oxygen atoms in total. The predicted octanol–water partition coefficient (Wildman–Crippen LogP) is 2.63. The number of rotatable bonds is 8. The Morgan fingerprint density at radius 1 is 1.14 bits per heavy atom. The van der Waals surface area contributed by atoms with E-state index in [1.54, 1.807) is 36.4 Å². The van der Waals surface area contributed by atoms with E-state index in [1.807, 2.05) is 6.92 Å². The largest absolute Gasteiger partial charge is 0.496 e. The molecule has 2 rings (SSSR count). The molecule has 148 valence electrons. The van der Waals surface area contributed by atoms with Crippen LogP contribution in [-0.4, -0.2) is 43.5 Å². The molecule has 2 N–H and O–H groups in total. The summed E-state index contributed by atoms with van der Waals surface area (Å²) >= 11 is 0. The van der Waals surface area contributed by atoms with Gasteiger partial charge in [0.15, 0.2) is 17.6 Å². The second-order valence-electron chi connectivity index (χ2n) is 5.88. The normalized spacial score (nSPS) is 11.7. The smallest absolute Gasteiger partial charge is 0.344 e. The van der Waals surface area contributed by atoms with Gasteiger partial charge in [-0.15, -0.1) is 0 Å². The molecule has 0 aromatic heterocycles. The third kappa shape index (κ3) is 5.00. The number of carbonyl (C=O) groups is 2. The number of amides is 1. The van der Waals surface area contributed by atoms with Gasteiger partial charge in [0.2, 0.25) is 0 Å². The van der Waals surface area contributed by atoms with Gasteiger partial charge in [-0.3, -0.25) is 4.79 Å². The van der Waals surface area contributed by atoms with E-state index in [2.05, 4.69) is 10.5 Å². The van der Waals surface area contributed by atoms with Crippen molar-refractivity contribution in [2.45, 2.75) is 20.0 Å². The number of aliphatic carboxylic acids is 1. The highest BCUT2D eigenvalue weighted by molar-refractivity contribution is 5.97. The van der Waals surface area contributed by atoms with E-state index in [9.17, 15) is 9.59 Å². The van der Waals surface area contributed by atoms with Gasteiger partial charge < -0.3 is 19.3 Å². The Bertz CT molecular complexity index is 894. The zero-order valence-corrected chi connectivity index (χ0v) is 16.1. The minimum absolute atomic E-state index is 0.214. The van der Waals surface area contributed by atoms with Crippen LogP contribution in [0.4, 0.5) is 0 Å². The number of nitrogens with zero attached hydrogens (tertiary/aromatic N) is 1. The lowest BCUT2D eigenvalue weighted by Crippen LogP contribution is -2.24. The second-order valence-corrected chi connectivity index (χ2v) is 5.88. The first-order chi connectivity index (χ1) is 13.4. The molecular weight excluding hydrogens is 364 g/mol. The van der Waals surface area contributed by atoms with Crippen molar-refractivity contribution in [3.63, 3.8) is 0 Å². The van der Waals surface area contributed by atoms with Gasteiger partial charge in [-0.2, -0.15) is 5.10 Å². The summed E-state index contributed by atoms with van der Waals surface area (Å²) in [5.41, 5.74) is 4.17. The predicted molar refractivity (Wildman–Crippen MR) is 104 cm³/mol. The molecule has 0 unspecified atom stereocenters. The molecule has 0 aliphatic rings. The number of carbonyl (C=O) groups excluding carboxylic acids is 1. The van der Waals surface area contributed by atoms with Crippen LogP contribution < -0.4 is 19.6 Å². The number of carboxylic acid groups (broad SMARTS) is 1. The number of hydrogen-bond acceptors (Lipinski definition) is 6. The average molecular weight is 386 g/mol. The number of hydrogen-bond donors (Lipinski definition) is 2. The number of para-hydroxylation sites is 1. The fourth-order valence-electron chi connectivity index (χ4n) is 2.36. The monoisotopic (exact) mass is 386 g/mol. The van der Waals surface area contributed by atoms with Gasteiger partial charge in [-0.25, -0.2) is 10.2 Å². The minimum Gasteiger partial charge on any atom is -0.496 e. The van der Waals surface area contributed by atoms with Crippen LogP contribution in [0.2, 0.25) is 0 Å². The third-order valence-electron chi connectivity index (χ3n) is 3.84. The SMILES string of the molecule is COc1cc(C)ccc1C(=O)N/N=C\c1cccc(OC)c1O[C@H](C)C(=O)O. The number of ether oxygens (including phenoxy) is 3. The van der Waals surface area contributed by atoms with Crippen LogP contribution in [-0.2, 0) is 4.79 Å². The van der Waals surface area contributed by atoms with E-state index in [0.717, 1.165) is 5.56 Å². The second kappa shape index (κ2) is 9.40. The van der Waals surface area contributed by atoms with Crippen LogP contribution in [0.25, 0.3) is 0 Å². The number of methoxy groups -OCH3 is 2. The molecule has 0 saturated heterocycles. The van der Waals surface area contributed by atoms with Gasteiger partial charge in [-0.1, -0.05) is 12.1 Å². The topological polar surface area (TPSA) is 106 Å². The number of carboxylic acids is 1. The maximum absolute atomic E-state index is 12.4. The number of hydrazone groups is 1. The van der Waals surface area contributed by atoms with Crippen LogP contribution in [0.15, 0.2) is 41.5 Å². The molecule has 0 aliphatic heterocycles. The van der Waals surface area contributed by atoms with E-state index in [0.29, 0.717) is 22.6 Å². The van der Waals surface area contributed by atoms with Gasteiger partial charge in [0.1, 0.15) is 5.75 Å². The summed E-state index contributed by atoms with van der Waals surface area (Å²) in [6, 6.07) is 10.2. The molecule has 1 amide bonds. The molecule has 0 bridgehead atoms. The Kier molecular flexibility index (Phi) is 6.97. The van der Waals surface area contributed by atoms with Gasteiger partial charge in [-0.05, 0) is 43.7 Å². The molecule has 0 spiro atoms. The Morgan fingerprint density at radius 3 is 2.50 bits per heavy atom. The van der Waals surface area contributed by atoms with Gasteiger partial charge in [0.05, 0.1) is 26.0 Å². The maximum Gasteiger partial charge on any atom is 0.344 e. The highest BCUT2D eigenvalue weighted by Gasteiger charge is 2.18. The first kappa shape index (κ1) is 20.8. The molecule has 0 fully saturated rings. The lowest BCUT2D eigenvalue weighted by Gasteiger charge is -2.15. The maximum atomic E-state index is 12.4. The Morgan fingerprint density at radius 2 is 1.86 bits per heavy atom. The standard InChI is InChI=1S/C20H22N2O6/c1-12-8-9-15(17(10-12)27-4)19(23)22-21-11-14-6-5-7-16(26-3)18(14)28-13(2)20(24)25/h5-11,13H,1-4H3,(H,22,23)(H,24,25)/b21-11-/t13-/m1/s1. The van der Waals surface area contributed by atoms with Crippen LogP contribution in [0.3, 0.4) is 0 Å². The van der Waals surface area contributed by atoms with Crippen LogP contribution in [0, 0.1) is 6.92 Å². The zero-order chi connectivity index (χ0) is 20.7. The van der Waals surface area contributed by atoms with Crippen molar-refractivity contribution < 1.29 is 28.9 Å². The van der Waals surface area contributed by atoms with E-state index in [1.165, 1.54) is 27.4 Å². The van der Waals surface area contributed by atoms with Crippen molar-refractivity contribution >= 4 is 18.1 Å². The summed E-state index contributed by atoms with van der Waals surface area (Å²) in [7, 11) is 2.93. The van der Waals surface area contributed by atoms with Gasteiger partial charge in [0, 0.05) is 5.56 Å². The highest BCUT2D eigenvalue weighted by atomic mass is 16.5. The molecule has 0 saturated carbocycles. The van der Waals surface area contributed by atoms with Crippen LogP contribution in [0.5, 0.6) is 17.2 Å². The van der Waals surface area contributed by atoms with E-state index < -0.39 is 18.0 Å². The minimum atomic E-state index is -1.12. The quantitative estimate of drug-likeness (QED) is 0.534. The van der Waals surface area contributed by atoms with Crippen molar-refractivity contribution in [2.75, 3.05) is 14.2 Å². The van der Waals surface area contributed by atoms with Crippen molar-refractivity contribution in [1.82, 2.24) is 5.43 Å². The first-order valence-corrected chi connectivity index (χ1v) is 8.41.